The van der Waals surface area contributed by atoms with Gasteiger partial charge in [-0.25, -0.2) is 4.98 Å². The molecule has 1 aromatic heterocycles. The molecular formula is C16H22N4. The van der Waals surface area contributed by atoms with Gasteiger partial charge in [0.1, 0.15) is 5.82 Å². The van der Waals surface area contributed by atoms with E-state index in [-0.39, 0.29) is 0 Å². The number of aromatic nitrogens is 2. The lowest BCUT2D eigenvalue weighted by atomic mass is 9.85. The van der Waals surface area contributed by atoms with E-state index in [2.05, 4.69) is 9.88 Å². The summed E-state index contributed by atoms with van der Waals surface area (Å²) >= 11 is 0. The van der Waals surface area contributed by atoms with Gasteiger partial charge in [-0.05, 0) is 49.9 Å². The van der Waals surface area contributed by atoms with Crippen molar-refractivity contribution in [1.29, 1.82) is 0 Å². The van der Waals surface area contributed by atoms with Gasteiger partial charge in [-0.1, -0.05) is 12.8 Å². The molecule has 4 nitrogen and oxygen atoms in total. The maximum atomic E-state index is 5.83. The highest BCUT2D eigenvalue weighted by Crippen LogP contribution is 2.36. The molecule has 2 aliphatic rings. The third-order valence-electron chi connectivity index (χ3n) is 5.03. The van der Waals surface area contributed by atoms with Crippen molar-refractivity contribution >= 4 is 16.7 Å². The number of rotatable bonds is 2. The molecule has 1 aliphatic heterocycles. The van der Waals surface area contributed by atoms with Crippen LogP contribution in [0.25, 0.3) is 11.0 Å². The lowest BCUT2D eigenvalue weighted by Crippen LogP contribution is -2.34. The second-order valence-corrected chi connectivity index (χ2v) is 6.33. The van der Waals surface area contributed by atoms with Crippen molar-refractivity contribution in [2.45, 2.75) is 44.7 Å². The third-order valence-corrected chi connectivity index (χ3v) is 5.03. The zero-order valence-corrected chi connectivity index (χ0v) is 11.8. The van der Waals surface area contributed by atoms with E-state index >= 15 is 0 Å². The van der Waals surface area contributed by atoms with Gasteiger partial charge in [0.05, 0.1) is 17.6 Å². The Morgan fingerprint density at radius 1 is 1.25 bits per heavy atom. The van der Waals surface area contributed by atoms with Crippen LogP contribution in [0.4, 0.5) is 5.69 Å². The smallest absolute Gasteiger partial charge is 0.121 e. The zero-order chi connectivity index (χ0) is 13.5. The Labute approximate surface area is 119 Å². The van der Waals surface area contributed by atoms with Crippen LogP contribution < -0.4 is 5.73 Å². The molecule has 3 N–H and O–H groups in total. The van der Waals surface area contributed by atoms with Crippen LogP contribution in [0.3, 0.4) is 0 Å². The number of nitrogens with two attached hydrogens (primary N) is 1. The number of imidazole rings is 1. The van der Waals surface area contributed by atoms with E-state index in [9.17, 15) is 0 Å². The standard InChI is InChI=1S/C16H22N4/c17-12-5-6-13-14(9-12)19-16(18-13)10-20-8-7-11-3-1-2-4-15(11)20/h5-6,9,11,15H,1-4,7-8,10,17H2,(H,18,19). The highest BCUT2D eigenvalue weighted by molar-refractivity contribution is 5.78. The minimum absolute atomic E-state index is 0.793. The Morgan fingerprint density at radius 2 is 2.15 bits per heavy atom. The summed E-state index contributed by atoms with van der Waals surface area (Å²) in [6, 6.07) is 6.68. The molecule has 1 saturated heterocycles. The molecule has 1 aliphatic carbocycles. The van der Waals surface area contributed by atoms with Crippen molar-refractivity contribution in [2.24, 2.45) is 5.92 Å². The zero-order valence-electron chi connectivity index (χ0n) is 11.8. The first-order valence-corrected chi connectivity index (χ1v) is 7.78. The molecule has 0 amide bonds. The van der Waals surface area contributed by atoms with Crippen LogP contribution in [0.5, 0.6) is 0 Å². The number of fused-ring (bicyclic) bond motifs is 2. The van der Waals surface area contributed by atoms with E-state index in [0.717, 1.165) is 41.0 Å². The first kappa shape index (κ1) is 12.2. The second-order valence-electron chi connectivity index (χ2n) is 6.33. The number of nitrogens with zero attached hydrogens (tertiary/aromatic N) is 2. The summed E-state index contributed by atoms with van der Waals surface area (Å²) < 4.78 is 0. The quantitative estimate of drug-likeness (QED) is 0.825. The summed E-state index contributed by atoms with van der Waals surface area (Å²) in [6.45, 7) is 2.18. The normalized spacial score (nSPS) is 27.0. The fourth-order valence-electron chi connectivity index (χ4n) is 4.05. The van der Waals surface area contributed by atoms with Gasteiger partial charge in [-0.2, -0.15) is 0 Å². The van der Waals surface area contributed by atoms with Crippen LogP contribution in [0.1, 0.15) is 37.9 Å². The van der Waals surface area contributed by atoms with Gasteiger partial charge in [0.15, 0.2) is 0 Å². The highest BCUT2D eigenvalue weighted by atomic mass is 15.2. The van der Waals surface area contributed by atoms with Crippen molar-refractivity contribution in [1.82, 2.24) is 14.9 Å². The topological polar surface area (TPSA) is 57.9 Å². The van der Waals surface area contributed by atoms with Crippen molar-refractivity contribution in [3.8, 4) is 0 Å². The van der Waals surface area contributed by atoms with Crippen LogP contribution >= 0.6 is 0 Å². The molecule has 1 saturated carbocycles. The van der Waals surface area contributed by atoms with Gasteiger partial charge in [0, 0.05) is 11.7 Å². The van der Waals surface area contributed by atoms with E-state index in [1.54, 1.807) is 0 Å². The molecule has 1 aromatic carbocycles. The van der Waals surface area contributed by atoms with Gasteiger partial charge in [-0.3, -0.25) is 4.90 Å². The Hall–Kier alpha value is -1.55. The maximum absolute atomic E-state index is 5.83. The molecule has 0 bridgehead atoms. The molecular weight excluding hydrogens is 248 g/mol. The largest absolute Gasteiger partial charge is 0.399 e. The third kappa shape index (κ3) is 2.08. The summed E-state index contributed by atoms with van der Waals surface area (Å²) in [7, 11) is 0. The van der Waals surface area contributed by atoms with Gasteiger partial charge < -0.3 is 10.7 Å². The lowest BCUT2D eigenvalue weighted by molar-refractivity contribution is 0.173. The number of likely N-dealkylation sites (tertiary alicyclic amines) is 1. The van der Waals surface area contributed by atoms with Crippen molar-refractivity contribution < 1.29 is 0 Å². The predicted octanol–water partition coefficient (Wildman–Crippen LogP) is 2.91. The molecule has 2 fully saturated rings. The molecule has 2 aromatic rings. The first-order valence-electron chi connectivity index (χ1n) is 7.78. The average Bonchev–Trinajstić information content (AvgIpc) is 3.03. The van der Waals surface area contributed by atoms with Crippen LogP contribution in [-0.4, -0.2) is 27.5 Å². The number of aromatic amines is 1. The average molecular weight is 270 g/mol. The Balaban J connectivity index is 1.55. The monoisotopic (exact) mass is 270 g/mol. The summed E-state index contributed by atoms with van der Waals surface area (Å²) in [5.74, 6) is 2.01. The molecule has 106 valence electrons. The van der Waals surface area contributed by atoms with Gasteiger partial charge in [-0.15, -0.1) is 0 Å². The van der Waals surface area contributed by atoms with E-state index in [0.29, 0.717) is 0 Å². The fourth-order valence-corrected chi connectivity index (χ4v) is 4.05. The SMILES string of the molecule is Nc1ccc2nc(CN3CCC4CCCCC43)[nH]c2c1. The number of anilines is 1. The highest BCUT2D eigenvalue weighted by Gasteiger charge is 2.35. The fraction of sp³-hybridized carbons (Fsp3) is 0.562. The summed E-state index contributed by atoms with van der Waals surface area (Å²) in [5.41, 5.74) is 8.70. The number of hydrogen-bond donors (Lipinski definition) is 2. The Bertz CT molecular complexity index is 618. The molecule has 4 heteroatoms. The van der Waals surface area contributed by atoms with Crippen LogP contribution in [0.2, 0.25) is 0 Å². The summed E-state index contributed by atoms with van der Waals surface area (Å²) in [6.07, 6.45) is 7.00. The molecule has 2 heterocycles. The van der Waals surface area contributed by atoms with Gasteiger partial charge >= 0.3 is 0 Å². The van der Waals surface area contributed by atoms with Crippen LogP contribution in [0.15, 0.2) is 18.2 Å². The molecule has 4 rings (SSSR count). The summed E-state index contributed by atoms with van der Waals surface area (Å²) in [5, 5.41) is 0. The molecule has 0 radical (unpaired) electrons. The second kappa shape index (κ2) is 4.77. The van der Waals surface area contributed by atoms with Crippen LogP contribution in [-0.2, 0) is 6.54 Å². The van der Waals surface area contributed by atoms with Crippen molar-refractivity contribution in [3.05, 3.63) is 24.0 Å². The predicted molar refractivity (Wildman–Crippen MR) is 81.3 cm³/mol. The molecule has 2 unspecified atom stereocenters. The number of nitrogen functional groups attached to an aromatic ring is 1. The Kier molecular flexibility index (Phi) is 2.91. The molecule has 0 spiro atoms. The van der Waals surface area contributed by atoms with E-state index in [4.69, 9.17) is 10.7 Å². The number of hydrogen-bond acceptors (Lipinski definition) is 3. The van der Waals surface area contributed by atoms with Gasteiger partial charge in [0.25, 0.3) is 0 Å². The lowest BCUT2D eigenvalue weighted by Gasteiger charge is -2.31. The van der Waals surface area contributed by atoms with Crippen molar-refractivity contribution in [2.75, 3.05) is 12.3 Å². The van der Waals surface area contributed by atoms with Crippen LogP contribution in [0, 0.1) is 5.92 Å². The Morgan fingerprint density at radius 3 is 3.10 bits per heavy atom. The number of nitrogens with one attached hydrogen (secondary N) is 1. The molecule has 2 atom stereocenters. The maximum Gasteiger partial charge on any atom is 0.121 e. The first-order chi connectivity index (χ1) is 9.79. The van der Waals surface area contributed by atoms with E-state index in [1.807, 2.05) is 18.2 Å². The van der Waals surface area contributed by atoms with E-state index < -0.39 is 0 Å². The number of benzene rings is 1. The number of H-pyrrole nitrogens is 1. The minimum atomic E-state index is 0.793. The van der Waals surface area contributed by atoms with E-state index in [1.165, 1.54) is 38.6 Å². The van der Waals surface area contributed by atoms with Gasteiger partial charge in [0.2, 0.25) is 0 Å². The summed E-state index contributed by atoms with van der Waals surface area (Å²) in [4.78, 5) is 10.8. The van der Waals surface area contributed by atoms with Crippen molar-refractivity contribution in [3.63, 3.8) is 0 Å². The minimum Gasteiger partial charge on any atom is -0.399 e. The molecule has 20 heavy (non-hydrogen) atoms.